The molecule has 0 aromatic carbocycles. The van der Waals surface area contributed by atoms with Crippen molar-refractivity contribution in [1.29, 1.82) is 0 Å². The highest BCUT2D eigenvalue weighted by Gasteiger charge is 2.35. The minimum absolute atomic E-state index is 0.0115. The van der Waals surface area contributed by atoms with Gasteiger partial charge in [0.2, 0.25) is 0 Å². The van der Waals surface area contributed by atoms with Crippen LogP contribution in [0, 0.1) is 5.92 Å². The minimum atomic E-state index is -3.34. The second-order valence-electron chi connectivity index (χ2n) is 6.29. The predicted octanol–water partition coefficient (Wildman–Crippen LogP) is 1.56. The summed E-state index contributed by atoms with van der Waals surface area (Å²) in [5, 5.41) is 0. The van der Waals surface area contributed by atoms with E-state index in [9.17, 15) is 8.42 Å². The van der Waals surface area contributed by atoms with Gasteiger partial charge in [0.25, 0.3) is 10.2 Å². The molecule has 1 atom stereocenters. The van der Waals surface area contributed by atoms with Gasteiger partial charge in [0.05, 0.1) is 0 Å². The number of hydrogen-bond donors (Lipinski definition) is 1. The Labute approximate surface area is 123 Å². The average Bonchev–Trinajstić information content (AvgIpc) is 2.48. The van der Waals surface area contributed by atoms with E-state index in [0.29, 0.717) is 25.6 Å². The molecule has 6 heteroatoms. The van der Waals surface area contributed by atoms with Crippen molar-refractivity contribution < 1.29 is 8.42 Å². The molecule has 2 N–H and O–H groups in total. The van der Waals surface area contributed by atoms with Gasteiger partial charge in [-0.15, -0.1) is 0 Å². The number of rotatable bonds is 5. The molecule has 0 amide bonds. The van der Waals surface area contributed by atoms with Crippen molar-refractivity contribution in [3.63, 3.8) is 0 Å². The van der Waals surface area contributed by atoms with Gasteiger partial charge in [0.1, 0.15) is 0 Å². The van der Waals surface area contributed by atoms with E-state index in [2.05, 4.69) is 0 Å². The molecule has 2 rings (SSSR count). The molecule has 0 aromatic rings. The standard InChI is InChI=1S/C14H29N3O2S/c1-16(12-13-7-3-2-4-8-13)20(18,19)17-10-6-5-9-14(17)11-15/h13-14H,2-12,15H2,1H3. The Morgan fingerprint density at radius 2 is 1.75 bits per heavy atom. The van der Waals surface area contributed by atoms with Crippen LogP contribution >= 0.6 is 0 Å². The number of hydrogen-bond acceptors (Lipinski definition) is 3. The monoisotopic (exact) mass is 303 g/mol. The van der Waals surface area contributed by atoms with Crippen LogP contribution in [0.2, 0.25) is 0 Å². The van der Waals surface area contributed by atoms with Crippen LogP contribution in [0.1, 0.15) is 51.4 Å². The van der Waals surface area contributed by atoms with Crippen LogP contribution in [0.5, 0.6) is 0 Å². The summed E-state index contributed by atoms with van der Waals surface area (Å²) in [6.07, 6.45) is 9.05. The Morgan fingerprint density at radius 1 is 1.10 bits per heavy atom. The lowest BCUT2D eigenvalue weighted by molar-refractivity contribution is 0.229. The Bertz CT molecular complexity index is 393. The van der Waals surface area contributed by atoms with E-state index in [1.54, 1.807) is 15.7 Å². The van der Waals surface area contributed by atoms with E-state index in [0.717, 1.165) is 19.3 Å². The van der Waals surface area contributed by atoms with Crippen LogP contribution in [0.15, 0.2) is 0 Å². The van der Waals surface area contributed by atoms with E-state index in [4.69, 9.17) is 5.73 Å². The first kappa shape index (κ1) is 16.2. The van der Waals surface area contributed by atoms with Gasteiger partial charge in [-0.3, -0.25) is 0 Å². The summed E-state index contributed by atoms with van der Waals surface area (Å²) in [7, 11) is -1.61. The van der Waals surface area contributed by atoms with Crippen LogP contribution in [0.4, 0.5) is 0 Å². The zero-order valence-electron chi connectivity index (χ0n) is 12.6. The van der Waals surface area contributed by atoms with Gasteiger partial charge in [-0.1, -0.05) is 25.7 Å². The fourth-order valence-electron chi connectivity index (χ4n) is 3.52. The molecule has 1 aliphatic heterocycles. The normalized spacial score (nSPS) is 27.1. The third-order valence-electron chi connectivity index (χ3n) is 4.78. The molecule has 0 radical (unpaired) electrons. The summed E-state index contributed by atoms with van der Waals surface area (Å²) in [6.45, 7) is 1.71. The maximum Gasteiger partial charge on any atom is 0.282 e. The van der Waals surface area contributed by atoms with Gasteiger partial charge < -0.3 is 5.73 Å². The highest BCUT2D eigenvalue weighted by Crippen LogP contribution is 2.27. The number of nitrogens with two attached hydrogens (primary N) is 1. The van der Waals surface area contributed by atoms with Gasteiger partial charge in [0.15, 0.2) is 0 Å². The van der Waals surface area contributed by atoms with Gasteiger partial charge in [0, 0.05) is 32.7 Å². The second kappa shape index (κ2) is 7.20. The summed E-state index contributed by atoms with van der Waals surface area (Å²) in [4.78, 5) is 0. The summed E-state index contributed by atoms with van der Waals surface area (Å²) in [5.74, 6) is 0.532. The fourth-order valence-corrected chi connectivity index (χ4v) is 5.21. The summed E-state index contributed by atoms with van der Waals surface area (Å²) in [5.41, 5.74) is 5.75. The zero-order chi connectivity index (χ0) is 14.6. The van der Waals surface area contributed by atoms with E-state index in [1.807, 2.05) is 0 Å². The third-order valence-corrected chi connectivity index (χ3v) is 6.79. The molecular formula is C14H29N3O2S. The maximum atomic E-state index is 12.7. The smallest absolute Gasteiger partial charge is 0.282 e. The molecule has 1 heterocycles. The maximum absolute atomic E-state index is 12.7. The lowest BCUT2D eigenvalue weighted by Gasteiger charge is -2.37. The number of piperidine rings is 1. The predicted molar refractivity (Wildman–Crippen MR) is 81.5 cm³/mol. The molecule has 5 nitrogen and oxygen atoms in total. The summed E-state index contributed by atoms with van der Waals surface area (Å²) < 4.78 is 28.7. The molecule has 20 heavy (non-hydrogen) atoms. The van der Waals surface area contributed by atoms with Crippen molar-refractivity contribution in [2.45, 2.75) is 57.4 Å². The average molecular weight is 303 g/mol. The van der Waals surface area contributed by atoms with E-state index in [-0.39, 0.29) is 6.04 Å². The SMILES string of the molecule is CN(CC1CCCCC1)S(=O)(=O)N1CCCCC1CN. The lowest BCUT2D eigenvalue weighted by Crippen LogP contribution is -2.52. The van der Waals surface area contributed by atoms with E-state index < -0.39 is 10.2 Å². The van der Waals surface area contributed by atoms with Crippen LogP contribution in [0.3, 0.4) is 0 Å². The molecule has 1 saturated carbocycles. The summed E-state index contributed by atoms with van der Waals surface area (Å²) >= 11 is 0. The lowest BCUT2D eigenvalue weighted by atomic mass is 9.89. The molecule has 0 aromatic heterocycles. The molecule has 2 fully saturated rings. The first-order chi connectivity index (χ1) is 9.55. The molecule has 0 spiro atoms. The first-order valence-corrected chi connectivity index (χ1v) is 9.38. The molecule has 0 bridgehead atoms. The van der Waals surface area contributed by atoms with Crippen molar-refractivity contribution in [2.24, 2.45) is 11.7 Å². The Balaban J connectivity index is 1.99. The van der Waals surface area contributed by atoms with Gasteiger partial charge in [-0.25, -0.2) is 0 Å². The molecule has 1 saturated heterocycles. The second-order valence-corrected chi connectivity index (χ2v) is 8.28. The van der Waals surface area contributed by atoms with Crippen molar-refractivity contribution in [3.05, 3.63) is 0 Å². The fraction of sp³-hybridized carbons (Fsp3) is 1.00. The molecule has 1 aliphatic carbocycles. The molecule has 1 unspecified atom stereocenters. The van der Waals surface area contributed by atoms with Crippen molar-refractivity contribution in [3.8, 4) is 0 Å². The van der Waals surface area contributed by atoms with Gasteiger partial charge in [-0.2, -0.15) is 17.0 Å². The molecular weight excluding hydrogens is 274 g/mol. The largest absolute Gasteiger partial charge is 0.329 e. The first-order valence-electron chi connectivity index (χ1n) is 7.99. The van der Waals surface area contributed by atoms with Crippen molar-refractivity contribution >= 4 is 10.2 Å². The van der Waals surface area contributed by atoms with Crippen LogP contribution in [-0.4, -0.2) is 49.8 Å². The van der Waals surface area contributed by atoms with E-state index >= 15 is 0 Å². The van der Waals surface area contributed by atoms with Crippen LogP contribution < -0.4 is 5.73 Å². The van der Waals surface area contributed by atoms with Gasteiger partial charge in [-0.05, 0) is 31.6 Å². The zero-order valence-corrected chi connectivity index (χ0v) is 13.4. The molecule has 118 valence electrons. The van der Waals surface area contributed by atoms with Crippen molar-refractivity contribution in [2.75, 3.05) is 26.7 Å². The topological polar surface area (TPSA) is 66.6 Å². The Hall–Kier alpha value is -0.170. The molecule has 2 aliphatic rings. The van der Waals surface area contributed by atoms with Crippen LogP contribution in [-0.2, 0) is 10.2 Å². The quantitative estimate of drug-likeness (QED) is 0.838. The van der Waals surface area contributed by atoms with E-state index in [1.165, 1.54) is 32.1 Å². The Kier molecular flexibility index (Phi) is 5.84. The minimum Gasteiger partial charge on any atom is -0.329 e. The number of nitrogens with zero attached hydrogens (tertiary/aromatic N) is 2. The third kappa shape index (κ3) is 3.72. The van der Waals surface area contributed by atoms with Crippen LogP contribution in [0.25, 0.3) is 0 Å². The Morgan fingerprint density at radius 3 is 2.40 bits per heavy atom. The summed E-state index contributed by atoms with van der Waals surface area (Å²) in [6, 6.07) is -0.0115. The highest BCUT2D eigenvalue weighted by molar-refractivity contribution is 7.86. The highest BCUT2D eigenvalue weighted by atomic mass is 32.2. The van der Waals surface area contributed by atoms with Crippen molar-refractivity contribution in [1.82, 2.24) is 8.61 Å². The van der Waals surface area contributed by atoms with Gasteiger partial charge >= 0.3 is 0 Å².